The van der Waals surface area contributed by atoms with Gasteiger partial charge in [0.05, 0.1) is 16.5 Å². The molecule has 5 aliphatic rings. The van der Waals surface area contributed by atoms with Crippen LogP contribution in [0, 0.1) is 36.5 Å². The Morgan fingerprint density at radius 2 is 1.74 bits per heavy atom. The molecule has 7 rings (SSSR count). The van der Waals surface area contributed by atoms with Crippen LogP contribution in [0.2, 0.25) is 0 Å². The maximum Gasteiger partial charge on any atom is 0.262 e. The van der Waals surface area contributed by atoms with E-state index in [9.17, 15) is 14.4 Å². The first kappa shape index (κ1) is 26.3. The van der Waals surface area contributed by atoms with E-state index in [4.69, 9.17) is 0 Å². The van der Waals surface area contributed by atoms with Crippen molar-refractivity contribution in [1.82, 2.24) is 20.2 Å². The molecule has 206 valence electrons. The molecule has 7 nitrogen and oxygen atoms in total. The second-order valence-electron chi connectivity index (χ2n) is 12.6. The summed E-state index contributed by atoms with van der Waals surface area (Å²) in [4.78, 5) is 41.9. The number of imide groups is 1. The number of carbonyl (C=O) groups is 2. The Balaban J connectivity index is 1.00. The van der Waals surface area contributed by atoms with Gasteiger partial charge in [-0.1, -0.05) is 30.7 Å². The summed E-state index contributed by atoms with van der Waals surface area (Å²) in [5.74, 6) is 9.21. The average molecular weight is 529 g/mol. The van der Waals surface area contributed by atoms with Crippen molar-refractivity contribution in [3.8, 4) is 11.8 Å². The van der Waals surface area contributed by atoms with Crippen molar-refractivity contribution in [1.29, 1.82) is 0 Å². The van der Waals surface area contributed by atoms with Crippen LogP contribution in [-0.4, -0.2) is 33.4 Å². The molecule has 0 radical (unpaired) electrons. The molecule has 1 aliphatic heterocycles. The quantitative estimate of drug-likeness (QED) is 0.298. The van der Waals surface area contributed by atoms with Crippen molar-refractivity contribution in [3.63, 3.8) is 0 Å². The SMILES string of the molecule is Cc1nc2c(C#CCCCCCCNC34CC5CC(CC(C5)C3)C4)cccc2c(=O)n1C1CCC(=O)NC1=O. The summed E-state index contributed by atoms with van der Waals surface area (Å²) >= 11 is 0. The first-order valence-corrected chi connectivity index (χ1v) is 15.0. The summed E-state index contributed by atoms with van der Waals surface area (Å²) in [6, 6.07) is 4.73. The van der Waals surface area contributed by atoms with Crippen molar-refractivity contribution in [2.75, 3.05) is 6.54 Å². The van der Waals surface area contributed by atoms with Crippen LogP contribution in [-0.2, 0) is 9.59 Å². The Hall–Kier alpha value is -2.98. The van der Waals surface area contributed by atoms with Gasteiger partial charge in [0.2, 0.25) is 11.8 Å². The number of para-hydroxylation sites is 1. The minimum Gasteiger partial charge on any atom is -0.311 e. The van der Waals surface area contributed by atoms with Gasteiger partial charge in [0.1, 0.15) is 11.9 Å². The first-order valence-electron chi connectivity index (χ1n) is 15.0. The zero-order chi connectivity index (χ0) is 27.0. The number of nitrogens with one attached hydrogen (secondary N) is 2. The van der Waals surface area contributed by atoms with E-state index in [1.54, 1.807) is 13.0 Å². The summed E-state index contributed by atoms with van der Waals surface area (Å²) in [6.45, 7) is 2.88. The second-order valence-corrected chi connectivity index (χ2v) is 12.6. The molecule has 7 heteroatoms. The number of amides is 2. The molecule has 1 unspecified atom stereocenters. The fourth-order valence-corrected chi connectivity index (χ4v) is 8.26. The molecule has 1 aromatic heterocycles. The maximum atomic E-state index is 13.3. The Morgan fingerprint density at radius 3 is 2.46 bits per heavy atom. The van der Waals surface area contributed by atoms with Gasteiger partial charge in [-0.05, 0) is 101 Å². The molecule has 2 heterocycles. The van der Waals surface area contributed by atoms with E-state index < -0.39 is 11.9 Å². The molecular formula is C32H40N4O3. The lowest BCUT2D eigenvalue weighted by molar-refractivity contribution is -0.135. The lowest BCUT2D eigenvalue weighted by atomic mass is 9.53. The van der Waals surface area contributed by atoms with Gasteiger partial charge in [-0.25, -0.2) is 4.98 Å². The Morgan fingerprint density at radius 1 is 1.03 bits per heavy atom. The van der Waals surface area contributed by atoms with Crippen LogP contribution >= 0.6 is 0 Å². The van der Waals surface area contributed by atoms with Gasteiger partial charge >= 0.3 is 0 Å². The topological polar surface area (TPSA) is 93.1 Å². The highest BCUT2D eigenvalue weighted by atomic mass is 16.2. The molecule has 1 aromatic carbocycles. The molecule has 4 aliphatic carbocycles. The Kier molecular flexibility index (Phi) is 7.33. The smallest absolute Gasteiger partial charge is 0.262 e. The average Bonchev–Trinajstić information content (AvgIpc) is 2.88. The van der Waals surface area contributed by atoms with E-state index in [0.717, 1.165) is 42.7 Å². The molecule has 4 saturated carbocycles. The van der Waals surface area contributed by atoms with Crippen molar-refractivity contribution < 1.29 is 9.59 Å². The monoisotopic (exact) mass is 528 g/mol. The number of hydrogen-bond acceptors (Lipinski definition) is 5. The van der Waals surface area contributed by atoms with Gasteiger partial charge in [-0.2, -0.15) is 0 Å². The number of nitrogens with zero attached hydrogens (tertiary/aromatic N) is 2. The third-order valence-electron chi connectivity index (χ3n) is 9.62. The van der Waals surface area contributed by atoms with Crippen LogP contribution in [0.3, 0.4) is 0 Å². The highest BCUT2D eigenvalue weighted by Gasteiger charge is 2.50. The number of aromatic nitrogens is 2. The number of hydrogen-bond donors (Lipinski definition) is 2. The van der Waals surface area contributed by atoms with E-state index in [1.165, 1.54) is 62.4 Å². The molecule has 2 amide bonds. The van der Waals surface area contributed by atoms with E-state index in [-0.39, 0.29) is 17.9 Å². The molecular weight excluding hydrogens is 488 g/mol. The van der Waals surface area contributed by atoms with Gasteiger partial charge in [-0.15, -0.1) is 0 Å². The fourth-order valence-electron chi connectivity index (χ4n) is 8.26. The number of fused-ring (bicyclic) bond motifs is 1. The van der Waals surface area contributed by atoms with E-state index >= 15 is 0 Å². The maximum absolute atomic E-state index is 13.3. The number of benzene rings is 1. The van der Waals surface area contributed by atoms with Crippen molar-refractivity contribution in [3.05, 3.63) is 39.9 Å². The largest absolute Gasteiger partial charge is 0.311 e. The van der Waals surface area contributed by atoms with E-state index in [0.29, 0.717) is 28.7 Å². The first-order chi connectivity index (χ1) is 18.9. The second kappa shape index (κ2) is 10.9. The number of unbranched alkanes of at least 4 members (excludes halogenated alkanes) is 4. The van der Waals surface area contributed by atoms with Crippen LogP contribution in [0.5, 0.6) is 0 Å². The lowest BCUT2D eigenvalue weighted by Crippen LogP contribution is -2.58. The summed E-state index contributed by atoms with van der Waals surface area (Å²) in [6.07, 6.45) is 14.8. The zero-order valence-corrected chi connectivity index (χ0v) is 23.1. The predicted octanol–water partition coefficient (Wildman–Crippen LogP) is 4.54. The number of piperidine rings is 1. The zero-order valence-electron chi connectivity index (χ0n) is 23.1. The molecule has 4 bridgehead atoms. The van der Waals surface area contributed by atoms with Crippen molar-refractivity contribution in [2.45, 2.75) is 102 Å². The molecule has 2 N–H and O–H groups in total. The number of aryl methyl sites for hydroxylation is 1. The van der Waals surface area contributed by atoms with Gasteiger partial charge in [-0.3, -0.25) is 24.3 Å². The molecule has 2 aromatic rings. The standard InChI is InChI=1S/C32H40N4O3/c1-21-34-29-25(10-8-11-26(29)31(39)36(21)27-12-13-28(37)35-30(27)38)9-6-4-2-3-5-7-14-33-32-18-22-15-23(19-32)17-24(16-22)20-32/h8,10-11,22-24,27,33H,2-5,7,12-20H2,1H3,(H,35,37,38). The van der Waals surface area contributed by atoms with Gasteiger partial charge in [0.25, 0.3) is 5.56 Å². The van der Waals surface area contributed by atoms with Gasteiger partial charge in [0, 0.05) is 18.4 Å². The number of carbonyl (C=O) groups excluding carboxylic acids is 2. The highest BCUT2D eigenvalue weighted by molar-refractivity contribution is 5.99. The summed E-state index contributed by atoms with van der Waals surface area (Å²) in [5, 5.41) is 6.79. The van der Waals surface area contributed by atoms with E-state index in [1.807, 2.05) is 12.1 Å². The fraction of sp³-hybridized carbons (Fsp3) is 0.625. The number of rotatable bonds is 8. The Bertz CT molecular complexity index is 1360. The third kappa shape index (κ3) is 5.41. The van der Waals surface area contributed by atoms with Crippen LogP contribution in [0.25, 0.3) is 10.9 Å². The van der Waals surface area contributed by atoms with E-state index in [2.05, 4.69) is 27.5 Å². The van der Waals surface area contributed by atoms with Gasteiger partial charge < -0.3 is 5.32 Å². The highest BCUT2D eigenvalue weighted by Crippen LogP contribution is 2.55. The molecule has 1 atom stereocenters. The van der Waals surface area contributed by atoms with Crippen LogP contribution < -0.4 is 16.2 Å². The predicted molar refractivity (Wildman–Crippen MR) is 151 cm³/mol. The minimum atomic E-state index is -0.718. The normalized spacial score (nSPS) is 29.4. The Labute approximate surface area is 230 Å². The summed E-state index contributed by atoms with van der Waals surface area (Å²) in [7, 11) is 0. The van der Waals surface area contributed by atoms with Crippen LogP contribution in [0.1, 0.15) is 101 Å². The van der Waals surface area contributed by atoms with Crippen LogP contribution in [0.4, 0.5) is 0 Å². The molecule has 39 heavy (non-hydrogen) atoms. The summed E-state index contributed by atoms with van der Waals surface area (Å²) in [5.41, 5.74) is 1.52. The lowest BCUT2D eigenvalue weighted by Gasteiger charge is -2.57. The molecule has 5 fully saturated rings. The minimum absolute atomic E-state index is 0.213. The van der Waals surface area contributed by atoms with Crippen molar-refractivity contribution >= 4 is 22.7 Å². The molecule has 1 saturated heterocycles. The van der Waals surface area contributed by atoms with Gasteiger partial charge in [0.15, 0.2) is 0 Å². The van der Waals surface area contributed by atoms with Crippen molar-refractivity contribution in [2.24, 2.45) is 17.8 Å². The summed E-state index contributed by atoms with van der Waals surface area (Å²) < 4.78 is 1.42. The van der Waals surface area contributed by atoms with Crippen LogP contribution in [0.15, 0.2) is 23.0 Å². The molecule has 0 spiro atoms. The third-order valence-corrected chi connectivity index (χ3v) is 9.62.